The Labute approximate surface area is 133 Å². The number of halogens is 1. The van der Waals surface area contributed by atoms with E-state index in [1.54, 1.807) is 12.1 Å². The summed E-state index contributed by atoms with van der Waals surface area (Å²) in [6.45, 7) is 2.11. The van der Waals surface area contributed by atoms with Crippen LogP contribution in [0.1, 0.15) is 28.9 Å². The normalized spacial score (nSPS) is 15.0. The fourth-order valence-corrected chi connectivity index (χ4v) is 3.55. The zero-order chi connectivity index (χ0) is 14.7. The third kappa shape index (κ3) is 3.39. The first-order valence-electron chi connectivity index (χ1n) is 7.15. The van der Waals surface area contributed by atoms with E-state index in [2.05, 4.69) is 16.3 Å². The van der Waals surface area contributed by atoms with Gasteiger partial charge in [-0.15, -0.1) is 11.3 Å². The molecule has 3 nitrogen and oxygen atoms in total. The van der Waals surface area contributed by atoms with Gasteiger partial charge in [-0.05, 0) is 43.5 Å². The van der Waals surface area contributed by atoms with Crippen LogP contribution in [0.3, 0.4) is 0 Å². The van der Waals surface area contributed by atoms with Crippen molar-refractivity contribution in [1.82, 2.24) is 0 Å². The highest BCUT2D eigenvalue weighted by atomic mass is 35.5. The molecular formula is C16H17ClN2OS. The number of nitrogens with zero attached hydrogens (tertiary/aromatic N) is 1. The van der Waals surface area contributed by atoms with Gasteiger partial charge in [0, 0.05) is 13.1 Å². The number of para-hydroxylation sites is 2. The maximum atomic E-state index is 12.3. The second-order valence-corrected chi connectivity index (χ2v) is 6.84. The first-order valence-corrected chi connectivity index (χ1v) is 8.34. The first kappa shape index (κ1) is 14.4. The topological polar surface area (TPSA) is 32.3 Å². The Morgan fingerprint density at radius 3 is 2.57 bits per heavy atom. The van der Waals surface area contributed by atoms with Crippen molar-refractivity contribution < 1.29 is 4.79 Å². The largest absolute Gasteiger partial charge is 0.370 e. The van der Waals surface area contributed by atoms with Gasteiger partial charge < -0.3 is 10.2 Å². The van der Waals surface area contributed by atoms with E-state index in [4.69, 9.17) is 11.6 Å². The lowest BCUT2D eigenvalue weighted by molar-refractivity contribution is 0.103. The average molecular weight is 321 g/mol. The van der Waals surface area contributed by atoms with Crippen LogP contribution in [0.15, 0.2) is 36.4 Å². The van der Waals surface area contributed by atoms with Gasteiger partial charge in [-0.3, -0.25) is 4.79 Å². The minimum Gasteiger partial charge on any atom is -0.370 e. The van der Waals surface area contributed by atoms with Crippen LogP contribution in [0.2, 0.25) is 4.34 Å². The maximum Gasteiger partial charge on any atom is 0.265 e. The number of anilines is 2. The zero-order valence-corrected chi connectivity index (χ0v) is 13.2. The molecule has 0 saturated carbocycles. The molecule has 0 unspecified atom stereocenters. The van der Waals surface area contributed by atoms with Gasteiger partial charge in [0.15, 0.2) is 0 Å². The van der Waals surface area contributed by atoms with E-state index in [1.165, 1.54) is 30.6 Å². The summed E-state index contributed by atoms with van der Waals surface area (Å²) in [6.07, 6.45) is 3.71. The van der Waals surface area contributed by atoms with Crippen LogP contribution in [0.25, 0.3) is 0 Å². The molecule has 0 aliphatic carbocycles. The number of nitrogens with one attached hydrogen (secondary N) is 1. The molecule has 0 spiro atoms. The van der Waals surface area contributed by atoms with E-state index in [1.807, 2.05) is 18.2 Å². The van der Waals surface area contributed by atoms with Gasteiger partial charge in [-0.2, -0.15) is 0 Å². The fourth-order valence-electron chi connectivity index (χ4n) is 2.61. The molecule has 1 saturated heterocycles. The quantitative estimate of drug-likeness (QED) is 0.893. The Bertz CT molecular complexity index is 635. The van der Waals surface area contributed by atoms with E-state index in [-0.39, 0.29) is 5.91 Å². The third-order valence-electron chi connectivity index (χ3n) is 3.65. The van der Waals surface area contributed by atoms with E-state index in [0.717, 1.165) is 24.5 Å². The summed E-state index contributed by atoms with van der Waals surface area (Å²) in [5.41, 5.74) is 1.97. The maximum absolute atomic E-state index is 12.3. The summed E-state index contributed by atoms with van der Waals surface area (Å²) < 4.78 is 0.629. The predicted octanol–water partition coefficient (Wildman–Crippen LogP) is 4.64. The predicted molar refractivity (Wildman–Crippen MR) is 89.8 cm³/mol. The lowest BCUT2D eigenvalue weighted by atomic mass is 10.1. The van der Waals surface area contributed by atoms with Crippen molar-refractivity contribution in [3.05, 3.63) is 45.6 Å². The Kier molecular flexibility index (Phi) is 4.46. The lowest BCUT2D eigenvalue weighted by Crippen LogP contribution is -2.30. The number of amides is 1. The molecule has 1 aliphatic rings. The number of thiophene rings is 1. The minimum absolute atomic E-state index is 0.101. The Balaban J connectivity index is 1.80. The molecule has 0 radical (unpaired) electrons. The van der Waals surface area contributed by atoms with E-state index >= 15 is 0 Å². The highest BCUT2D eigenvalue weighted by Gasteiger charge is 2.16. The van der Waals surface area contributed by atoms with E-state index < -0.39 is 0 Å². The third-order valence-corrected chi connectivity index (χ3v) is 4.88. The second-order valence-electron chi connectivity index (χ2n) is 5.12. The number of carbonyl (C=O) groups is 1. The van der Waals surface area contributed by atoms with Crippen LogP contribution in [0.4, 0.5) is 11.4 Å². The summed E-state index contributed by atoms with van der Waals surface area (Å²) in [5, 5.41) is 3.01. The summed E-state index contributed by atoms with van der Waals surface area (Å²) in [4.78, 5) is 15.3. The van der Waals surface area contributed by atoms with Crippen molar-refractivity contribution in [2.75, 3.05) is 23.3 Å². The molecule has 1 amide bonds. The van der Waals surface area contributed by atoms with Crippen LogP contribution in [0.5, 0.6) is 0 Å². The van der Waals surface area contributed by atoms with Crippen molar-refractivity contribution in [2.45, 2.75) is 19.3 Å². The number of piperidine rings is 1. The first-order chi connectivity index (χ1) is 10.2. The second kappa shape index (κ2) is 6.50. The minimum atomic E-state index is -0.101. The summed E-state index contributed by atoms with van der Waals surface area (Å²) in [5.74, 6) is -0.101. The molecule has 1 aliphatic heterocycles. The zero-order valence-electron chi connectivity index (χ0n) is 11.6. The van der Waals surface area contributed by atoms with Gasteiger partial charge in [-0.1, -0.05) is 23.7 Å². The SMILES string of the molecule is O=C(Nc1ccccc1N1CCCCC1)c1ccc(Cl)s1. The molecule has 1 N–H and O–H groups in total. The van der Waals surface area contributed by atoms with Crippen molar-refractivity contribution >= 4 is 40.2 Å². The molecule has 2 heterocycles. The van der Waals surface area contributed by atoms with E-state index in [0.29, 0.717) is 9.21 Å². The average Bonchev–Trinajstić information content (AvgIpc) is 2.95. The van der Waals surface area contributed by atoms with Gasteiger partial charge in [0.05, 0.1) is 20.6 Å². The van der Waals surface area contributed by atoms with Crippen LogP contribution < -0.4 is 10.2 Å². The number of rotatable bonds is 3. The number of hydrogen-bond acceptors (Lipinski definition) is 3. The van der Waals surface area contributed by atoms with Crippen LogP contribution in [0, 0.1) is 0 Å². The highest BCUT2D eigenvalue weighted by molar-refractivity contribution is 7.18. The molecule has 21 heavy (non-hydrogen) atoms. The van der Waals surface area contributed by atoms with Gasteiger partial charge in [0.25, 0.3) is 5.91 Å². The lowest BCUT2D eigenvalue weighted by Gasteiger charge is -2.30. The highest BCUT2D eigenvalue weighted by Crippen LogP contribution is 2.29. The molecule has 0 bridgehead atoms. The smallest absolute Gasteiger partial charge is 0.265 e. The van der Waals surface area contributed by atoms with Crippen molar-refractivity contribution in [1.29, 1.82) is 0 Å². The van der Waals surface area contributed by atoms with Crippen LogP contribution >= 0.6 is 22.9 Å². The molecule has 0 atom stereocenters. The standard InChI is InChI=1S/C16H17ClN2OS/c17-15-9-8-14(21-15)16(20)18-12-6-2-3-7-13(12)19-10-4-1-5-11-19/h2-3,6-9H,1,4-5,10-11H2,(H,18,20). The molecule has 1 aromatic carbocycles. The molecular weight excluding hydrogens is 304 g/mol. The number of benzene rings is 1. The van der Waals surface area contributed by atoms with Crippen molar-refractivity contribution in [2.24, 2.45) is 0 Å². The van der Waals surface area contributed by atoms with Gasteiger partial charge >= 0.3 is 0 Å². The molecule has 2 aromatic rings. The van der Waals surface area contributed by atoms with Crippen LogP contribution in [-0.2, 0) is 0 Å². The van der Waals surface area contributed by atoms with Gasteiger partial charge in [0.1, 0.15) is 0 Å². The summed E-state index contributed by atoms with van der Waals surface area (Å²) in [7, 11) is 0. The molecule has 3 rings (SSSR count). The molecule has 1 aromatic heterocycles. The summed E-state index contributed by atoms with van der Waals surface area (Å²) in [6, 6.07) is 11.5. The number of carbonyl (C=O) groups excluding carboxylic acids is 1. The van der Waals surface area contributed by atoms with Gasteiger partial charge in [0.2, 0.25) is 0 Å². The summed E-state index contributed by atoms with van der Waals surface area (Å²) >= 11 is 7.19. The Hall–Kier alpha value is -1.52. The fraction of sp³-hybridized carbons (Fsp3) is 0.312. The molecule has 110 valence electrons. The van der Waals surface area contributed by atoms with Gasteiger partial charge in [-0.25, -0.2) is 0 Å². The Morgan fingerprint density at radius 2 is 1.86 bits per heavy atom. The van der Waals surface area contributed by atoms with Crippen molar-refractivity contribution in [3.8, 4) is 0 Å². The van der Waals surface area contributed by atoms with Crippen LogP contribution in [-0.4, -0.2) is 19.0 Å². The number of hydrogen-bond donors (Lipinski definition) is 1. The monoisotopic (exact) mass is 320 g/mol. The molecule has 1 fully saturated rings. The molecule has 5 heteroatoms. The van der Waals surface area contributed by atoms with E-state index in [9.17, 15) is 4.79 Å². The Morgan fingerprint density at radius 1 is 1.10 bits per heavy atom. The van der Waals surface area contributed by atoms with Crippen molar-refractivity contribution in [3.63, 3.8) is 0 Å².